The first-order chi connectivity index (χ1) is 8.56. The van der Waals surface area contributed by atoms with Crippen molar-refractivity contribution < 1.29 is 0 Å². The average molecular weight is 260 g/mol. The second-order valence-electron chi connectivity index (χ2n) is 4.33. The van der Waals surface area contributed by atoms with Crippen LogP contribution in [0, 0.1) is 19.3 Å². The molecule has 2 nitrogen and oxygen atoms in total. The van der Waals surface area contributed by atoms with E-state index >= 15 is 0 Å². The lowest BCUT2D eigenvalue weighted by molar-refractivity contribution is 0.461. The number of rotatable bonds is 4. The molecule has 3 heteroatoms. The zero-order valence-corrected chi connectivity index (χ0v) is 12.0. The number of hydrogen-bond donors (Lipinski definition) is 2. The molecule has 18 heavy (non-hydrogen) atoms. The molecule has 1 rings (SSSR count). The predicted molar refractivity (Wildman–Crippen MR) is 82.7 cm³/mol. The SMILES string of the molecule is C#CC(CC)(CC)NC(=S)Nc1ccccc1C. The van der Waals surface area contributed by atoms with Gasteiger partial charge in [0.15, 0.2) is 5.11 Å². The highest BCUT2D eigenvalue weighted by molar-refractivity contribution is 7.80. The average Bonchev–Trinajstić information content (AvgIpc) is 2.39. The second kappa shape index (κ2) is 6.42. The van der Waals surface area contributed by atoms with Crippen LogP contribution in [-0.2, 0) is 0 Å². The van der Waals surface area contributed by atoms with Crippen LogP contribution in [0.5, 0.6) is 0 Å². The van der Waals surface area contributed by atoms with Gasteiger partial charge in [-0.1, -0.05) is 38.0 Å². The molecular formula is C15H20N2S. The number of anilines is 1. The Bertz CT molecular complexity index is 456. The van der Waals surface area contributed by atoms with E-state index in [1.54, 1.807) is 0 Å². The van der Waals surface area contributed by atoms with Crippen LogP contribution in [0.2, 0.25) is 0 Å². The van der Waals surface area contributed by atoms with Gasteiger partial charge in [-0.25, -0.2) is 0 Å². The quantitative estimate of drug-likeness (QED) is 0.640. The summed E-state index contributed by atoms with van der Waals surface area (Å²) in [6, 6.07) is 8.02. The summed E-state index contributed by atoms with van der Waals surface area (Å²) in [6.45, 7) is 6.17. The molecule has 0 saturated carbocycles. The summed E-state index contributed by atoms with van der Waals surface area (Å²) in [6.07, 6.45) is 7.29. The van der Waals surface area contributed by atoms with Crippen LogP contribution < -0.4 is 10.6 Å². The molecule has 0 aliphatic carbocycles. The van der Waals surface area contributed by atoms with E-state index in [4.69, 9.17) is 18.6 Å². The highest BCUT2D eigenvalue weighted by atomic mass is 32.1. The Morgan fingerprint density at radius 2 is 1.94 bits per heavy atom. The lowest BCUT2D eigenvalue weighted by Crippen LogP contribution is -2.48. The molecule has 0 fully saturated rings. The molecule has 0 unspecified atom stereocenters. The van der Waals surface area contributed by atoms with Gasteiger partial charge in [0.25, 0.3) is 0 Å². The molecule has 0 atom stereocenters. The first kappa shape index (κ1) is 14.5. The molecule has 1 aromatic carbocycles. The Labute approximate surface area is 115 Å². The zero-order valence-electron chi connectivity index (χ0n) is 11.2. The van der Waals surface area contributed by atoms with Crippen molar-refractivity contribution in [3.8, 4) is 12.3 Å². The molecule has 0 bridgehead atoms. The van der Waals surface area contributed by atoms with Crippen LogP contribution in [0.4, 0.5) is 5.69 Å². The van der Waals surface area contributed by atoms with E-state index in [1.165, 1.54) is 0 Å². The summed E-state index contributed by atoms with van der Waals surface area (Å²) < 4.78 is 0. The molecule has 0 aliphatic heterocycles. The van der Waals surface area contributed by atoms with E-state index in [9.17, 15) is 0 Å². The van der Waals surface area contributed by atoms with Gasteiger partial charge in [0.1, 0.15) is 0 Å². The fraction of sp³-hybridized carbons (Fsp3) is 0.400. The van der Waals surface area contributed by atoms with Crippen LogP contribution in [0.25, 0.3) is 0 Å². The molecule has 0 aromatic heterocycles. The third kappa shape index (κ3) is 3.48. The van der Waals surface area contributed by atoms with Gasteiger partial charge >= 0.3 is 0 Å². The fourth-order valence-electron chi connectivity index (χ4n) is 1.75. The maximum atomic E-state index is 5.60. The van der Waals surface area contributed by atoms with Crippen molar-refractivity contribution in [3.63, 3.8) is 0 Å². The van der Waals surface area contributed by atoms with Gasteiger partial charge in [-0.15, -0.1) is 6.42 Å². The summed E-state index contributed by atoms with van der Waals surface area (Å²) in [7, 11) is 0. The molecule has 0 saturated heterocycles. The second-order valence-corrected chi connectivity index (χ2v) is 4.74. The standard InChI is InChI=1S/C15H20N2S/c1-5-15(6-2,7-3)17-14(18)16-13-11-9-8-10-12(13)4/h1,8-11H,6-7H2,2-4H3,(H2,16,17,18). The van der Waals surface area contributed by atoms with Gasteiger partial charge in [0, 0.05) is 5.69 Å². The van der Waals surface area contributed by atoms with Gasteiger partial charge in [-0.3, -0.25) is 0 Å². The van der Waals surface area contributed by atoms with Gasteiger partial charge in [-0.05, 0) is 43.6 Å². The van der Waals surface area contributed by atoms with E-state index < -0.39 is 0 Å². The Morgan fingerprint density at radius 3 is 2.44 bits per heavy atom. The Hall–Kier alpha value is -1.53. The maximum absolute atomic E-state index is 5.60. The van der Waals surface area contributed by atoms with Crippen LogP contribution in [0.15, 0.2) is 24.3 Å². The first-order valence-electron chi connectivity index (χ1n) is 6.19. The monoisotopic (exact) mass is 260 g/mol. The number of aryl methyl sites for hydroxylation is 1. The minimum Gasteiger partial charge on any atom is -0.346 e. The van der Waals surface area contributed by atoms with Crippen molar-refractivity contribution in [2.24, 2.45) is 0 Å². The summed E-state index contributed by atoms with van der Waals surface area (Å²) in [5.41, 5.74) is 1.81. The van der Waals surface area contributed by atoms with Crippen LogP contribution in [-0.4, -0.2) is 10.7 Å². The van der Waals surface area contributed by atoms with Gasteiger partial charge < -0.3 is 10.6 Å². The van der Waals surface area contributed by atoms with E-state index in [1.807, 2.05) is 31.2 Å². The Morgan fingerprint density at radius 1 is 1.33 bits per heavy atom. The van der Waals surface area contributed by atoms with Gasteiger partial charge in [-0.2, -0.15) is 0 Å². The lowest BCUT2D eigenvalue weighted by Gasteiger charge is -2.28. The van der Waals surface area contributed by atoms with Crippen molar-refractivity contribution in [2.75, 3.05) is 5.32 Å². The number of para-hydroxylation sites is 1. The van der Waals surface area contributed by atoms with Crippen molar-refractivity contribution >= 4 is 23.0 Å². The first-order valence-corrected chi connectivity index (χ1v) is 6.60. The molecule has 0 amide bonds. The molecular weight excluding hydrogens is 240 g/mol. The number of terminal acetylenes is 1. The topological polar surface area (TPSA) is 24.1 Å². The normalized spacial score (nSPS) is 10.6. The molecule has 0 heterocycles. The number of thiocarbonyl (C=S) groups is 1. The number of nitrogens with one attached hydrogen (secondary N) is 2. The van der Waals surface area contributed by atoms with Gasteiger partial charge in [0.05, 0.1) is 5.54 Å². The summed E-state index contributed by atoms with van der Waals surface area (Å²) >= 11 is 5.32. The zero-order chi connectivity index (χ0) is 13.6. The molecule has 2 N–H and O–H groups in total. The maximum Gasteiger partial charge on any atom is 0.171 e. The van der Waals surface area contributed by atoms with Crippen LogP contribution in [0.3, 0.4) is 0 Å². The molecule has 0 aliphatic rings. The smallest absolute Gasteiger partial charge is 0.171 e. The van der Waals surface area contributed by atoms with E-state index in [-0.39, 0.29) is 5.54 Å². The van der Waals surface area contributed by atoms with E-state index in [2.05, 4.69) is 30.4 Å². The molecule has 0 spiro atoms. The van der Waals surface area contributed by atoms with Crippen LogP contribution >= 0.6 is 12.2 Å². The van der Waals surface area contributed by atoms with E-state index in [0.717, 1.165) is 24.1 Å². The summed E-state index contributed by atoms with van der Waals surface area (Å²) in [4.78, 5) is 0. The largest absolute Gasteiger partial charge is 0.346 e. The van der Waals surface area contributed by atoms with Crippen molar-refractivity contribution in [3.05, 3.63) is 29.8 Å². The van der Waals surface area contributed by atoms with Gasteiger partial charge in [0.2, 0.25) is 0 Å². The molecule has 96 valence electrons. The third-order valence-electron chi connectivity index (χ3n) is 3.23. The highest BCUT2D eigenvalue weighted by Crippen LogP contribution is 2.16. The fourth-order valence-corrected chi connectivity index (χ4v) is 2.06. The van der Waals surface area contributed by atoms with Crippen LogP contribution in [0.1, 0.15) is 32.3 Å². The minimum absolute atomic E-state index is 0.354. The number of benzene rings is 1. The summed E-state index contributed by atoms with van der Waals surface area (Å²) in [5, 5.41) is 7.01. The van der Waals surface area contributed by atoms with Crippen molar-refractivity contribution in [1.82, 2.24) is 5.32 Å². The lowest BCUT2D eigenvalue weighted by atomic mass is 9.94. The van der Waals surface area contributed by atoms with Crippen molar-refractivity contribution in [1.29, 1.82) is 0 Å². The Kier molecular flexibility index (Phi) is 5.18. The van der Waals surface area contributed by atoms with Crippen molar-refractivity contribution in [2.45, 2.75) is 39.2 Å². The summed E-state index contributed by atoms with van der Waals surface area (Å²) in [5.74, 6) is 2.81. The molecule has 1 aromatic rings. The highest BCUT2D eigenvalue weighted by Gasteiger charge is 2.23. The van der Waals surface area contributed by atoms with E-state index in [0.29, 0.717) is 5.11 Å². The predicted octanol–water partition coefficient (Wildman–Crippen LogP) is 3.47. The Balaban J connectivity index is 2.74. The third-order valence-corrected chi connectivity index (χ3v) is 3.43. The minimum atomic E-state index is -0.354. The molecule has 0 radical (unpaired) electrons. The number of hydrogen-bond acceptors (Lipinski definition) is 1.